The third-order valence-corrected chi connectivity index (χ3v) is 5.16. The standard InChI is InChI=1S/C15H16ClNO2S/c1-10-6-11(2)8-12(7-10)9-20(18,19)15-13(16)4-3-5-14(15)17/h3-8H,9,17H2,1-2H3. The fourth-order valence-electron chi connectivity index (χ4n) is 2.30. The first-order chi connectivity index (χ1) is 9.29. The van der Waals surface area contributed by atoms with Gasteiger partial charge in [0.25, 0.3) is 0 Å². The Hall–Kier alpha value is -1.52. The van der Waals surface area contributed by atoms with Gasteiger partial charge in [-0.2, -0.15) is 0 Å². The molecule has 2 aromatic rings. The lowest BCUT2D eigenvalue weighted by Gasteiger charge is -2.10. The Balaban J connectivity index is 2.46. The van der Waals surface area contributed by atoms with Crippen molar-refractivity contribution in [2.45, 2.75) is 24.5 Å². The van der Waals surface area contributed by atoms with E-state index >= 15 is 0 Å². The molecule has 20 heavy (non-hydrogen) atoms. The van der Waals surface area contributed by atoms with Crippen LogP contribution in [0.2, 0.25) is 5.02 Å². The molecule has 2 aromatic carbocycles. The number of halogens is 1. The predicted octanol–water partition coefficient (Wildman–Crippen LogP) is 3.51. The Morgan fingerprint density at radius 3 is 2.25 bits per heavy atom. The first-order valence-electron chi connectivity index (χ1n) is 6.13. The number of benzene rings is 2. The van der Waals surface area contributed by atoms with Gasteiger partial charge in [-0.15, -0.1) is 0 Å². The molecular formula is C15H16ClNO2S. The van der Waals surface area contributed by atoms with E-state index in [1.165, 1.54) is 6.07 Å². The normalized spacial score (nSPS) is 11.6. The third-order valence-electron chi connectivity index (χ3n) is 2.95. The average molecular weight is 310 g/mol. The largest absolute Gasteiger partial charge is 0.398 e. The molecule has 0 saturated heterocycles. The predicted molar refractivity (Wildman–Crippen MR) is 82.7 cm³/mol. The van der Waals surface area contributed by atoms with Gasteiger partial charge in [0.2, 0.25) is 0 Å². The summed E-state index contributed by atoms with van der Waals surface area (Å²) < 4.78 is 25.0. The first-order valence-corrected chi connectivity index (χ1v) is 8.16. The molecule has 0 radical (unpaired) electrons. The highest BCUT2D eigenvalue weighted by Gasteiger charge is 2.21. The van der Waals surface area contributed by atoms with Crippen LogP contribution in [0, 0.1) is 13.8 Å². The Morgan fingerprint density at radius 2 is 1.70 bits per heavy atom. The third kappa shape index (κ3) is 3.14. The number of anilines is 1. The molecule has 0 aliphatic rings. The molecule has 0 aliphatic carbocycles. The van der Waals surface area contributed by atoms with Crippen LogP contribution in [-0.2, 0) is 15.6 Å². The topological polar surface area (TPSA) is 60.2 Å². The van der Waals surface area contributed by atoms with E-state index in [9.17, 15) is 8.42 Å². The Labute approximate surface area is 124 Å². The van der Waals surface area contributed by atoms with E-state index in [-0.39, 0.29) is 21.4 Å². The van der Waals surface area contributed by atoms with Crippen LogP contribution < -0.4 is 5.73 Å². The molecular weight excluding hydrogens is 294 g/mol. The van der Waals surface area contributed by atoms with Crippen LogP contribution >= 0.6 is 11.6 Å². The highest BCUT2D eigenvalue weighted by Crippen LogP contribution is 2.30. The van der Waals surface area contributed by atoms with Crippen molar-refractivity contribution in [1.29, 1.82) is 0 Å². The molecule has 0 fully saturated rings. The summed E-state index contributed by atoms with van der Waals surface area (Å²) in [5.74, 6) is -0.108. The van der Waals surface area contributed by atoms with Gasteiger partial charge in [0.15, 0.2) is 9.84 Å². The van der Waals surface area contributed by atoms with Crippen molar-refractivity contribution in [2.24, 2.45) is 0 Å². The second-order valence-corrected chi connectivity index (χ2v) is 7.25. The van der Waals surface area contributed by atoms with Crippen molar-refractivity contribution >= 4 is 27.1 Å². The summed E-state index contributed by atoms with van der Waals surface area (Å²) >= 11 is 5.98. The minimum Gasteiger partial charge on any atom is -0.398 e. The number of nitrogen functional groups attached to an aromatic ring is 1. The van der Waals surface area contributed by atoms with Gasteiger partial charge in [0, 0.05) is 0 Å². The van der Waals surface area contributed by atoms with Crippen LogP contribution in [0.1, 0.15) is 16.7 Å². The minimum atomic E-state index is -3.57. The second-order valence-electron chi connectivity index (χ2n) is 4.91. The first kappa shape index (κ1) is 14.9. The molecule has 3 nitrogen and oxygen atoms in total. The van der Waals surface area contributed by atoms with Gasteiger partial charge in [-0.1, -0.05) is 47.0 Å². The van der Waals surface area contributed by atoms with Crippen molar-refractivity contribution in [3.63, 3.8) is 0 Å². The van der Waals surface area contributed by atoms with Gasteiger partial charge < -0.3 is 5.73 Å². The van der Waals surface area contributed by atoms with Gasteiger partial charge in [-0.05, 0) is 31.5 Å². The fourth-order valence-corrected chi connectivity index (χ4v) is 4.37. The molecule has 0 bridgehead atoms. The SMILES string of the molecule is Cc1cc(C)cc(CS(=O)(=O)c2c(N)cccc2Cl)c1. The monoisotopic (exact) mass is 309 g/mol. The maximum absolute atomic E-state index is 12.5. The number of aryl methyl sites for hydroxylation is 2. The lowest BCUT2D eigenvalue weighted by Crippen LogP contribution is -2.09. The van der Waals surface area contributed by atoms with Crippen LogP contribution in [0.5, 0.6) is 0 Å². The zero-order valence-electron chi connectivity index (χ0n) is 11.4. The van der Waals surface area contributed by atoms with Crippen molar-refractivity contribution in [2.75, 3.05) is 5.73 Å². The van der Waals surface area contributed by atoms with Crippen LogP contribution in [0.4, 0.5) is 5.69 Å². The Kier molecular flexibility index (Phi) is 4.06. The maximum Gasteiger partial charge on any atom is 0.186 e. The van der Waals surface area contributed by atoms with E-state index in [4.69, 9.17) is 17.3 Å². The number of rotatable bonds is 3. The Bertz CT molecular complexity index is 714. The van der Waals surface area contributed by atoms with E-state index in [0.717, 1.165) is 16.7 Å². The Morgan fingerprint density at radius 1 is 1.10 bits per heavy atom. The van der Waals surface area contributed by atoms with Gasteiger partial charge >= 0.3 is 0 Å². The van der Waals surface area contributed by atoms with Gasteiger partial charge in [0.05, 0.1) is 16.5 Å². The highest BCUT2D eigenvalue weighted by molar-refractivity contribution is 7.91. The van der Waals surface area contributed by atoms with Crippen LogP contribution in [0.25, 0.3) is 0 Å². The van der Waals surface area contributed by atoms with Gasteiger partial charge in [0.1, 0.15) is 4.90 Å². The number of nitrogens with two attached hydrogens (primary N) is 1. The van der Waals surface area contributed by atoms with Crippen molar-refractivity contribution in [3.05, 3.63) is 58.1 Å². The molecule has 0 unspecified atom stereocenters. The summed E-state index contributed by atoms with van der Waals surface area (Å²) in [4.78, 5) is 0.0147. The summed E-state index contributed by atoms with van der Waals surface area (Å²) in [5.41, 5.74) is 8.74. The molecule has 0 spiro atoms. The summed E-state index contributed by atoms with van der Waals surface area (Å²) in [6, 6.07) is 10.4. The molecule has 2 rings (SSSR count). The molecule has 0 aliphatic heterocycles. The fraction of sp³-hybridized carbons (Fsp3) is 0.200. The van der Waals surface area contributed by atoms with E-state index in [2.05, 4.69) is 0 Å². The molecule has 0 amide bonds. The zero-order valence-corrected chi connectivity index (χ0v) is 12.9. The average Bonchev–Trinajstić information content (AvgIpc) is 2.25. The van der Waals surface area contributed by atoms with Gasteiger partial charge in [-0.25, -0.2) is 8.42 Å². The maximum atomic E-state index is 12.5. The van der Waals surface area contributed by atoms with E-state index in [0.29, 0.717) is 0 Å². The van der Waals surface area contributed by atoms with Crippen LogP contribution in [0.15, 0.2) is 41.3 Å². The minimum absolute atomic E-state index is 0.0147. The number of hydrogen-bond donors (Lipinski definition) is 1. The molecule has 0 aromatic heterocycles. The van der Waals surface area contributed by atoms with Crippen molar-refractivity contribution < 1.29 is 8.42 Å². The van der Waals surface area contributed by atoms with Crippen molar-refractivity contribution in [1.82, 2.24) is 0 Å². The van der Waals surface area contributed by atoms with Crippen molar-refractivity contribution in [3.8, 4) is 0 Å². The summed E-state index contributed by atoms with van der Waals surface area (Å²) in [6.07, 6.45) is 0. The van der Waals surface area contributed by atoms with Gasteiger partial charge in [-0.3, -0.25) is 0 Å². The molecule has 5 heteroatoms. The molecule has 2 N–H and O–H groups in total. The van der Waals surface area contributed by atoms with E-state index in [1.807, 2.05) is 32.0 Å². The lowest BCUT2D eigenvalue weighted by molar-refractivity contribution is 0.595. The molecule has 0 heterocycles. The summed E-state index contributed by atoms with van der Waals surface area (Å²) in [7, 11) is -3.57. The zero-order chi connectivity index (χ0) is 14.9. The van der Waals surface area contributed by atoms with E-state index < -0.39 is 9.84 Å². The number of sulfone groups is 1. The smallest absolute Gasteiger partial charge is 0.186 e. The van der Waals surface area contributed by atoms with E-state index in [1.54, 1.807) is 12.1 Å². The van der Waals surface area contributed by atoms with Crippen LogP contribution in [0.3, 0.4) is 0 Å². The summed E-state index contributed by atoms with van der Waals surface area (Å²) in [5, 5.41) is 0.161. The highest BCUT2D eigenvalue weighted by atomic mass is 35.5. The molecule has 0 atom stereocenters. The second kappa shape index (κ2) is 5.46. The quantitative estimate of drug-likeness (QED) is 0.883. The number of hydrogen-bond acceptors (Lipinski definition) is 3. The molecule has 106 valence electrons. The molecule has 0 saturated carbocycles. The van der Waals surface area contributed by atoms with Crippen LogP contribution in [-0.4, -0.2) is 8.42 Å². The lowest BCUT2D eigenvalue weighted by atomic mass is 10.1. The summed E-state index contributed by atoms with van der Waals surface area (Å²) in [6.45, 7) is 3.87.